The Morgan fingerprint density at radius 1 is 1.21 bits per heavy atom. The molecule has 0 atom stereocenters. The molecule has 8 nitrogen and oxygen atoms in total. The maximum Gasteiger partial charge on any atom is 0.191 e. The highest BCUT2D eigenvalue weighted by Crippen LogP contribution is 2.16. The number of hydrogen-bond acceptors (Lipinski definition) is 4. The standard InChI is InChI=1S/C19H26N8.HI/c1-14-23-15-7-3-4-8-16(15)26(14)12-6-10-21-19(20-2)22-13-18-25-24-17-9-5-11-27(17)18;/h3-4,7-8H,5-6,9-13H2,1-2H3,(H2,20,21,22);1H. The lowest BCUT2D eigenvalue weighted by Gasteiger charge is -2.12. The third-order valence-electron chi connectivity index (χ3n) is 5.02. The summed E-state index contributed by atoms with van der Waals surface area (Å²) in [5.41, 5.74) is 2.25. The molecule has 1 aromatic carbocycles. The molecule has 0 saturated carbocycles. The molecule has 1 aliphatic heterocycles. The van der Waals surface area contributed by atoms with Gasteiger partial charge in [0, 0.05) is 33.1 Å². The van der Waals surface area contributed by atoms with Gasteiger partial charge in [0.2, 0.25) is 0 Å². The van der Waals surface area contributed by atoms with Crippen LogP contribution in [0.25, 0.3) is 11.0 Å². The molecule has 0 spiro atoms. The van der Waals surface area contributed by atoms with Gasteiger partial charge < -0.3 is 19.8 Å². The highest BCUT2D eigenvalue weighted by molar-refractivity contribution is 14.0. The number of benzene rings is 1. The average molecular weight is 494 g/mol. The van der Waals surface area contributed by atoms with Crippen LogP contribution in [0.3, 0.4) is 0 Å². The van der Waals surface area contributed by atoms with Gasteiger partial charge in [0.05, 0.1) is 17.6 Å². The van der Waals surface area contributed by atoms with E-state index in [1.165, 1.54) is 5.52 Å². The lowest BCUT2D eigenvalue weighted by atomic mass is 10.3. The quantitative estimate of drug-likeness (QED) is 0.238. The summed E-state index contributed by atoms with van der Waals surface area (Å²) in [5, 5.41) is 15.2. The van der Waals surface area contributed by atoms with E-state index >= 15 is 0 Å². The summed E-state index contributed by atoms with van der Waals surface area (Å²) in [5.74, 6) is 3.92. The van der Waals surface area contributed by atoms with Crippen LogP contribution in [0.1, 0.15) is 30.3 Å². The maximum atomic E-state index is 4.62. The molecule has 0 radical (unpaired) electrons. The fraction of sp³-hybridized carbons (Fsp3) is 0.474. The van der Waals surface area contributed by atoms with E-state index in [0.717, 1.165) is 67.8 Å². The lowest BCUT2D eigenvalue weighted by Crippen LogP contribution is -2.38. The molecule has 2 N–H and O–H groups in total. The van der Waals surface area contributed by atoms with Gasteiger partial charge in [0.25, 0.3) is 0 Å². The number of para-hydroxylation sites is 2. The summed E-state index contributed by atoms with van der Waals surface area (Å²) in [6, 6.07) is 8.27. The number of hydrogen-bond donors (Lipinski definition) is 2. The van der Waals surface area contributed by atoms with Gasteiger partial charge in [0.1, 0.15) is 11.6 Å². The number of halogens is 1. The van der Waals surface area contributed by atoms with Crippen molar-refractivity contribution in [3.63, 3.8) is 0 Å². The Morgan fingerprint density at radius 3 is 2.93 bits per heavy atom. The average Bonchev–Trinajstić information content (AvgIpc) is 3.36. The summed E-state index contributed by atoms with van der Waals surface area (Å²) >= 11 is 0. The van der Waals surface area contributed by atoms with Gasteiger partial charge >= 0.3 is 0 Å². The first kappa shape index (κ1) is 20.6. The molecule has 0 aliphatic carbocycles. The third kappa shape index (κ3) is 4.29. The zero-order valence-corrected chi connectivity index (χ0v) is 18.7. The highest BCUT2D eigenvalue weighted by atomic mass is 127. The minimum atomic E-state index is 0. The van der Waals surface area contributed by atoms with E-state index in [1.54, 1.807) is 7.05 Å². The molecule has 0 saturated heterocycles. The zero-order chi connectivity index (χ0) is 18.6. The monoisotopic (exact) mass is 494 g/mol. The summed E-state index contributed by atoms with van der Waals surface area (Å²) in [6.07, 6.45) is 3.18. The van der Waals surface area contributed by atoms with Crippen molar-refractivity contribution in [1.82, 2.24) is 34.9 Å². The SMILES string of the molecule is CN=C(NCCCn1c(C)nc2ccccc21)NCc1nnc2n1CCC2.I. The Morgan fingerprint density at radius 2 is 2.07 bits per heavy atom. The van der Waals surface area contributed by atoms with Crippen LogP contribution in [0.5, 0.6) is 0 Å². The summed E-state index contributed by atoms with van der Waals surface area (Å²) in [4.78, 5) is 8.92. The molecule has 3 aromatic rings. The minimum Gasteiger partial charge on any atom is -0.356 e. The molecule has 0 bridgehead atoms. The molecule has 150 valence electrons. The van der Waals surface area contributed by atoms with Crippen molar-refractivity contribution in [2.75, 3.05) is 13.6 Å². The van der Waals surface area contributed by atoms with Crippen LogP contribution in [0.2, 0.25) is 0 Å². The van der Waals surface area contributed by atoms with Gasteiger partial charge in [0.15, 0.2) is 11.8 Å². The van der Waals surface area contributed by atoms with E-state index in [9.17, 15) is 0 Å². The first-order valence-corrected chi connectivity index (χ1v) is 9.53. The van der Waals surface area contributed by atoms with Crippen molar-refractivity contribution in [3.05, 3.63) is 41.7 Å². The van der Waals surface area contributed by atoms with E-state index < -0.39 is 0 Å². The van der Waals surface area contributed by atoms with Crippen LogP contribution >= 0.6 is 24.0 Å². The molecule has 28 heavy (non-hydrogen) atoms. The zero-order valence-electron chi connectivity index (χ0n) is 16.4. The number of fused-ring (bicyclic) bond motifs is 2. The Hall–Kier alpha value is -2.17. The van der Waals surface area contributed by atoms with E-state index in [-0.39, 0.29) is 24.0 Å². The molecule has 2 aromatic heterocycles. The normalized spacial score (nSPS) is 13.4. The topological polar surface area (TPSA) is 84.9 Å². The third-order valence-corrected chi connectivity index (χ3v) is 5.02. The van der Waals surface area contributed by atoms with E-state index in [2.05, 4.69) is 65.1 Å². The van der Waals surface area contributed by atoms with Crippen LogP contribution in [-0.4, -0.2) is 43.9 Å². The molecule has 0 amide bonds. The largest absolute Gasteiger partial charge is 0.356 e. The van der Waals surface area contributed by atoms with Crippen molar-refractivity contribution < 1.29 is 0 Å². The molecular formula is C19H27IN8. The van der Waals surface area contributed by atoms with Crippen LogP contribution < -0.4 is 10.6 Å². The van der Waals surface area contributed by atoms with E-state index in [0.29, 0.717) is 6.54 Å². The van der Waals surface area contributed by atoms with Crippen LogP contribution in [0.4, 0.5) is 0 Å². The second-order valence-corrected chi connectivity index (χ2v) is 6.79. The number of guanidine groups is 1. The van der Waals surface area contributed by atoms with Crippen LogP contribution in [-0.2, 0) is 26.1 Å². The number of aromatic nitrogens is 5. The Bertz CT molecular complexity index is 958. The smallest absolute Gasteiger partial charge is 0.191 e. The van der Waals surface area contributed by atoms with Crippen molar-refractivity contribution in [2.24, 2.45) is 4.99 Å². The molecule has 1 aliphatic rings. The highest BCUT2D eigenvalue weighted by Gasteiger charge is 2.17. The number of rotatable bonds is 6. The number of aryl methyl sites for hydroxylation is 3. The van der Waals surface area contributed by atoms with Crippen molar-refractivity contribution in [2.45, 2.75) is 45.8 Å². The van der Waals surface area contributed by atoms with Gasteiger partial charge in [-0.25, -0.2) is 4.98 Å². The first-order valence-electron chi connectivity index (χ1n) is 9.53. The fourth-order valence-corrected chi connectivity index (χ4v) is 3.65. The van der Waals surface area contributed by atoms with Gasteiger partial charge in [-0.05, 0) is 31.9 Å². The number of nitrogens with zero attached hydrogens (tertiary/aromatic N) is 6. The Balaban J connectivity index is 0.00000225. The number of aliphatic imine (C=N–C) groups is 1. The van der Waals surface area contributed by atoms with Gasteiger partial charge in [-0.2, -0.15) is 0 Å². The minimum absolute atomic E-state index is 0. The second kappa shape index (κ2) is 9.35. The number of nitrogens with one attached hydrogen (secondary N) is 2. The molecular weight excluding hydrogens is 467 g/mol. The first-order chi connectivity index (χ1) is 13.3. The number of imidazole rings is 1. The Labute approximate surface area is 181 Å². The summed E-state index contributed by atoms with van der Waals surface area (Å²) in [6.45, 7) is 5.48. The summed E-state index contributed by atoms with van der Waals surface area (Å²) < 4.78 is 4.47. The van der Waals surface area contributed by atoms with Crippen LogP contribution in [0.15, 0.2) is 29.3 Å². The van der Waals surface area contributed by atoms with Gasteiger partial charge in [-0.3, -0.25) is 4.99 Å². The maximum absolute atomic E-state index is 4.62. The molecule has 0 fully saturated rings. The molecule has 0 unspecified atom stereocenters. The van der Waals surface area contributed by atoms with E-state index in [1.807, 2.05) is 6.07 Å². The molecule has 3 heterocycles. The van der Waals surface area contributed by atoms with Crippen molar-refractivity contribution in [1.29, 1.82) is 0 Å². The van der Waals surface area contributed by atoms with Crippen molar-refractivity contribution in [3.8, 4) is 0 Å². The summed E-state index contributed by atoms with van der Waals surface area (Å²) in [7, 11) is 1.79. The Kier molecular flexibility index (Phi) is 6.87. The predicted molar refractivity (Wildman–Crippen MR) is 121 cm³/mol. The van der Waals surface area contributed by atoms with Gasteiger partial charge in [-0.15, -0.1) is 34.2 Å². The molecule has 9 heteroatoms. The lowest BCUT2D eigenvalue weighted by molar-refractivity contribution is 0.619. The van der Waals surface area contributed by atoms with Crippen LogP contribution in [0, 0.1) is 6.92 Å². The van der Waals surface area contributed by atoms with E-state index in [4.69, 9.17) is 0 Å². The van der Waals surface area contributed by atoms with Crippen molar-refractivity contribution >= 4 is 41.0 Å². The molecule has 4 rings (SSSR count). The predicted octanol–water partition coefficient (Wildman–Crippen LogP) is 2.26. The second-order valence-electron chi connectivity index (χ2n) is 6.79. The fourth-order valence-electron chi connectivity index (χ4n) is 3.65. The van der Waals surface area contributed by atoms with Gasteiger partial charge in [-0.1, -0.05) is 12.1 Å².